The average molecular weight is 535 g/mol. The summed E-state index contributed by atoms with van der Waals surface area (Å²) in [7, 11) is 1.61. The fraction of sp³-hybridized carbons (Fsp3) is 0.385. The van der Waals surface area contributed by atoms with Gasteiger partial charge < -0.3 is 19.4 Å². The van der Waals surface area contributed by atoms with Crippen molar-refractivity contribution in [3.8, 4) is 5.75 Å². The van der Waals surface area contributed by atoms with Crippen LogP contribution in [0.15, 0.2) is 53.3 Å². The Labute approximate surface area is 224 Å². The van der Waals surface area contributed by atoms with Crippen molar-refractivity contribution < 1.29 is 14.4 Å². The number of piperazine rings is 1. The second-order valence-electron chi connectivity index (χ2n) is 9.19. The van der Waals surface area contributed by atoms with Gasteiger partial charge in [0.1, 0.15) is 11.8 Å². The number of benzene rings is 2. The number of methoxy groups -OCH3 is 1. The number of non-ortho nitro benzene ring substituents is 1. The van der Waals surface area contributed by atoms with Crippen LogP contribution in [0.25, 0.3) is 10.9 Å². The predicted octanol–water partition coefficient (Wildman–Crippen LogP) is 2.38. The van der Waals surface area contributed by atoms with Crippen LogP contribution >= 0.6 is 0 Å². The Bertz CT molecular complexity index is 1490. The molecule has 13 heteroatoms. The van der Waals surface area contributed by atoms with Gasteiger partial charge in [-0.1, -0.05) is 0 Å². The van der Waals surface area contributed by atoms with Crippen molar-refractivity contribution in [1.82, 2.24) is 30.1 Å². The molecule has 1 atom stereocenters. The quantitative estimate of drug-likeness (QED) is 0.238. The number of rotatable bonds is 10. The van der Waals surface area contributed by atoms with E-state index in [2.05, 4.69) is 30.3 Å². The third kappa shape index (κ3) is 5.59. The Morgan fingerprint density at radius 3 is 2.56 bits per heavy atom. The van der Waals surface area contributed by atoms with Crippen molar-refractivity contribution in [3.63, 3.8) is 0 Å². The molecule has 0 radical (unpaired) electrons. The van der Waals surface area contributed by atoms with E-state index in [1.807, 2.05) is 31.2 Å². The molecule has 0 amide bonds. The highest BCUT2D eigenvalue weighted by molar-refractivity contribution is 5.80. The molecule has 1 N–H and O–H groups in total. The number of aromatic amines is 1. The standard InChI is InChI=1S/C26H30N8O5/c1-3-39-21-8-9-23-18(16-21)17-22(26(35)27-23)24(25-28-29-30-33(25)14-15-38-2)32-12-10-31(11-13-32)19-4-6-20(7-5-19)34(36)37/h4-9,16-17,24H,3,10-15H2,1-2H3,(H,27,35). The molecule has 5 rings (SSSR count). The zero-order chi connectivity index (χ0) is 27.4. The first-order valence-electron chi connectivity index (χ1n) is 12.8. The molecule has 2 aromatic heterocycles. The van der Waals surface area contributed by atoms with Crippen molar-refractivity contribution in [3.05, 3.63) is 80.4 Å². The van der Waals surface area contributed by atoms with Gasteiger partial charge in [0, 0.05) is 67.6 Å². The first-order chi connectivity index (χ1) is 19.0. The Hall–Kier alpha value is -4.36. The number of nitro groups is 1. The van der Waals surface area contributed by atoms with Gasteiger partial charge in [-0.15, -0.1) is 5.10 Å². The Morgan fingerprint density at radius 1 is 1.10 bits per heavy atom. The van der Waals surface area contributed by atoms with Crippen molar-refractivity contribution >= 4 is 22.3 Å². The van der Waals surface area contributed by atoms with Gasteiger partial charge in [-0.3, -0.25) is 19.8 Å². The molecule has 2 aromatic carbocycles. The van der Waals surface area contributed by atoms with Crippen molar-refractivity contribution in [1.29, 1.82) is 0 Å². The molecule has 0 spiro atoms. The molecule has 0 bridgehead atoms. The molecule has 1 aliphatic heterocycles. The molecule has 1 fully saturated rings. The molecule has 1 saturated heterocycles. The topological polar surface area (TPSA) is 145 Å². The highest BCUT2D eigenvalue weighted by atomic mass is 16.6. The summed E-state index contributed by atoms with van der Waals surface area (Å²) in [5.41, 5.74) is 2.01. The Morgan fingerprint density at radius 2 is 1.87 bits per heavy atom. The van der Waals surface area contributed by atoms with Crippen LogP contribution in [0.1, 0.15) is 24.4 Å². The lowest BCUT2D eigenvalue weighted by Gasteiger charge is -2.39. The summed E-state index contributed by atoms with van der Waals surface area (Å²) in [6.07, 6.45) is 0. The van der Waals surface area contributed by atoms with Crippen molar-refractivity contribution in [2.24, 2.45) is 0 Å². The Balaban J connectivity index is 1.48. The lowest BCUT2D eigenvalue weighted by Crippen LogP contribution is -2.49. The zero-order valence-corrected chi connectivity index (χ0v) is 21.8. The first kappa shape index (κ1) is 26.3. The van der Waals surface area contributed by atoms with E-state index in [0.717, 1.165) is 16.8 Å². The highest BCUT2D eigenvalue weighted by Crippen LogP contribution is 2.30. The van der Waals surface area contributed by atoms with Crippen molar-refractivity contribution in [2.45, 2.75) is 19.5 Å². The normalized spacial score (nSPS) is 15.0. The number of nitrogens with zero attached hydrogens (tertiary/aromatic N) is 7. The number of pyridine rings is 1. The van der Waals surface area contributed by atoms with Crippen LogP contribution in [-0.4, -0.2) is 81.5 Å². The number of ether oxygens (including phenoxy) is 2. The number of hydrogen-bond acceptors (Lipinski definition) is 10. The fourth-order valence-electron chi connectivity index (χ4n) is 4.93. The molecule has 3 heterocycles. The lowest BCUT2D eigenvalue weighted by atomic mass is 10.0. The van der Waals surface area contributed by atoms with E-state index in [9.17, 15) is 14.9 Å². The summed E-state index contributed by atoms with van der Waals surface area (Å²) >= 11 is 0. The summed E-state index contributed by atoms with van der Waals surface area (Å²) in [5, 5.41) is 24.3. The number of nitrogens with one attached hydrogen (secondary N) is 1. The predicted molar refractivity (Wildman–Crippen MR) is 144 cm³/mol. The molecule has 1 unspecified atom stereocenters. The molecule has 13 nitrogen and oxygen atoms in total. The van der Waals surface area contributed by atoms with Gasteiger partial charge in [0.05, 0.1) is 24.7 Å². The minimum Gasteiger partial charge on any atom is -0.494 e. The van der Waals surface area contributed by atoms with Gasteiger partial charge in [0.15, 0.2) is 5.82 Å². The summed E-state index contributed by atoms with van der Waals surface area (Å²) in [6.45, 7) is 5.89. The number of tetrazole rings is 1. The number of aromatic nitrogens is 5. The van der Waals surface area contributed by atoms with Crippen LogP contribution < -0.4 is 15.2 Å². The highest BCUT2D eigenvalue weighted by Gasteiger charge is 2.33. The third-order valence-electron chi connectivity index (χ3n) is 6.87. The fourth-order valence-corrected chi connectivity index (χ4v) is 4.93. The first-order valence-corrected chi connectivity index (χ1v) is 12.8. The minimum atomic E-state index is -0.500. The van der Waals surface area contributed by atoms with Gasteiger partial charge in [-0.25, -0.2) is 4.68 Å². The number of fused-ring (bicyclic) bond motifs is 1. The van der Waals surface area contributed by atoms with Crippen LogP contribution in [0.3, 0.4) is 0 Å². The van der Waals surface area contributed by atoms with E-state index in [4.69, 9.17) is 9.47 Å². The summed E-state index contributed by atoms with van der Waals surface area (Å²) in [6, 6.07) is 13.5. The molecule has 4 aromatic rings. The van der Waals surface area contributed by atoms with Crippen LogP contribution in [0.5, 0.6) is 5.75 Å². The number of anilines is 1. The van der Waals surface area contributed by atoms with Crippen LogP contribution in [0.4, 0.5) is 11.4 Å². The second kappa shape index (κ2) is 11.6. The zero-order valence-electron chi connectivity index (χ0n) is 21.8. The number of hydrogen-bond donors (Lipinski definition) is 1. The lowest BCUT2D eigenvalue weighted by molar-refractivity contribution is -0.384. The van der Waals surface area contributed by atoms with Crippen LogP contribution in [0, 0.1) is 10.1 Å². The number of H-pyrrole nitrogens is 1. The van der Waals surface area contributed by atoms with Crippen LogP contribution in [-0.2, 0) is 11.3 Å². The summed E-state index contributed by atoms with van der Waals surface area (Å²) in [4.78, 5) is 31.4. The van der Waals surface area contributed by atoms with Gasteiger partial charge in [0.25, 0.3) is 11.2 Å². The summed E-state index contributed by atoms with van der Waals surface area (Å²) in [5.74, 6) is 1.28. The molecular formula is C26H30N8O5. The number of nitro benzene ring substituents is 1. The van der Waals surface area contributed by atoms with Gasteiger partial charge >= 0.3 is 0 Å². The molecule has 1 aliphatic rings. The maximum atomic E-state index is 13.4. The molecule has 0 aliphatic carbocycles. The molecule has 0 saturated carbocycles. The smallest absolute Gasteiger partial charge is 0.269 e. The second-order valence-corrected chi connectivity index (χ2v) is 9.19. The van der Waals surface area contributed by atoms with Crippen molar-refractivity contribution in [2.75, 3.05) is 51.4 Å². The maximum Gasteiger partial charge on any atom is 0.269 e. The van der Waals surface area contributed by atoms with E-state index in [1.165, 1.54) is 12.1 Å². The summed E-state index contributed by atoms with van der Waals surface area (Å²) < 4.78 is 12.6. The minimum absolute atomic E-state index is 0.0587. The van der Waals surface area contributed by atoms with E-state index < -0.39 is 11.0 Å². The van der Waals surface area contributed by atoms with E-state index in [0.29, 0.717) is 62.8 Å². The van der Waals surface area contributed by atoms with Gasteiger partial charge in [-0.05, 0) is 53.7 Å². The third-order valence-corrected chi connectivity index (χ3v) is 6.87. The molecular weight excluding hydrogens is 504 g/mol. The SMILES string of the molecule is CCOc1ccc2[nH]c(=O)c(C(c3nnnn3CCOC)N3CCN(c4ccc([N+](=O)[O-])cc4)CC3)cc2c1. The van der Waals surface area contributed by atoms with Crippen LogP contribution in [0.2, 0.25) is 0 Å². The average Bonchev–Trinajstić information content (AvgIpc) is 3.41. The maximum absolute atomic E-state index is 13.4. The van der Waals surface area contributed by atoms with Gasteiger partial charge in [0.2, 0.25) is 0 Å². The van der Waals surface area contributed by atoms with E-state index in [-0.39, 0.29) is 11.2 Å². The monoisotopic (exact) mass is 534 g/mol. The molecule has 39 heavy (non-hydrogen) atoms. The largest absolute Gasteiger partial charge is 0.494 e. The van der Waals surface area contributed by atoms with E-state index in [1.54, 1.807) is 23.9 Å². The molecule has 204 valence electrons. The Kier molecular flexibility index (Phi) is 7.79. The van der Waals surface area contributed by atoms with E-state index >= 15 is 0 Å². The van der Waals surface area contributed by atoms with Gasteiger partial charge in [-0.2, -0.15) is 0 Å².